The van der Waals surface area contributed by atoms with Gasteiger partial charge in [0.1, 0.15) is 5.52 Å². The van der Waals surface area contributed by atoms with Gasteiger partial charge >= 0.3 is 0 Å². The molecule has 0 radical (unpaired) electrons. The van der Waals surface area contributed by atoms with Gasteiger partial charge in [0.25, 0.3) is 0 Å². The van der Waals surface area contributed by atoms with Crippen LogP contribution in [-0.2, 0) is 6.54 Å². The van der Waals surface area contributed by atoms with E-state index in [4.69, 9.17) is 28.6 Å². The van der Waals surface area contributed by atoms with Crippen LogP contribution in [0.2, 0.25) is 10.0 Å². The zero-order chi connectivity index (χ0) is 18.7. The lowest BCUT2D eigenvalue weighted by Crippen LogP contribution is -2.24. The van der Waals surface area contributed by atoms with Crippen LogP contribution in [0.4, 0.5) is 0 Å². The molecule has 9 heteroatoms. The fourth-order valence-electron chi connectivity index (χ4n) is 2.51. The zero-order valence-electron chi connectivity index (χ0n) is 14.5. The first-order chi connectivity index (χ1) is 12.4. The summed E-state index contributed by atoms with van der Waals surface area (Å²) in [6, 6.07) is 5.82. The number of halogens is 2. The molecule has 2 heterocycles. The summed E-state index contributed by atoms with van der Waals surface area (Å²) in [4.78, 5) is 12.9. The van der Waals surface area contributed by atoms with Gasteiger partial charge < -0.3 is 14.9 Å². The summed E-state index contributed by atoms with van der Waals surface area (Å²) in [5.74, 6) is 0. The lowest BCUT2D eigenvalue weighted by Gasteiger charge is -2.09. The van der Waals surface area contributed by atoms with Gasteiger partial charge in [0.2, 0.25) is 0 Å². The number of fused-ring (bicyclic) bond motifs is 1. The molecular formula is C17H20Cl2N6S. The van der Waals surface area contributed by atoms with Gasteiger partial charge in [-0.15, -0.1) is 0 Å². The smallest absolute Gasteiger partial charge is 0.173 e. The Balaban J connectivity index is 1.83. The van der Waals surface area contributed by atoms with Gasteiger partial charge in [-0.25, -0.2) is 9.97 Å². The second-order valence-corrected chi connectivity index (χ2v) is 8.13. The maximum Gasteiger partial charge on any atom is 0.173 e. The summed E-state index contributed by atoms with van der Waals surface area (Å²) in [5.41, 5.74) is 1.53. The van der Waals surface area contributed by atoms with Crippen LogP contribution < -0.4 is 10.8 Å². The molecule has 0 spiro atoms. The molecule has 138 valence electrons. The molecule has 3 aromatic rings. The van der Waals surface area contributed by atoms with Crippen molar-refractivity contribution in [2.75, 3.05) is 6.54 Å². The number of aryl methyl sites for hydroxylation is 1. The van der Waals surface area contributed by atoms with Crippen LogP contribution in [0, 0.1) is 5.41 Å². The van der Waals surface area contributed by atoms with E-state index < -0.39 is 0 Å². The van der Waals surface area contributed by atoms with Gasteiger partial charge in [-0.2, -0.15) is 0 Å². The monoisotopic (exact) mass is 410 g/mol. The Kier molecular flexibility index (Phi) is 6.24. The van der Waals surface area contributed by atoms with Gasteiger partial charge in [0, 0.05) is 27.5 Å². The van der Waals surface area contributed by atoms with Crippen molar-refractivity contribution in [1.82, 2.24) is 24.8 Å². The molecule has 0 amide bonds. The van der Waals surface area contributed by atoms with Crippen molar-refractivity contribution in [3.63, 3.8) is 0 Å². The Hall–Kier alpha value is -1.54. The van der Waals surface area contributed by atoms with Crippen LogP contribution >= 0.6 is 35.0 Å². The molecule has 1 aromatic carbocycles. The quantitative estimate of drug-likeness (QED) is 0.512. The summed E-state index contributed by atoms with van der Waals surface area (Å²) >= 11 is 13.5. The van der Waals surface area contributed by atoms with Crippen LogP contribution in [-0.4, -0.2) is 32.1 Å². The number of nitrogens with one attached hydrogen (secondary N) is 3. The number of imidazole rings is 1. The van der Waals surface area contributed by atoms with E-state index in [9.17, 15) is 0 Å². The molecule has 26 heavy (non-hydrogen) atoms. The summed E-state index contributed by atoms with van der Waals surface area (Å²) in [6.07, 6.45) is 2.63. The molecule has 0 atom stereocenters. The highest BCUT2D eigenvalue weighted by atomic mass is 35.5. The highest BCUT2D eigenvalue weighted by Crippen LogP contribution is 2.31. The molecule has 0 saturated carbocycles. The summed E-state index contributed by atoms with van der Waals surface area (Å²) in [6.45, 7) is 5.95. The largest absolute Gasteiger partial charge is 0.328 e. The van der Waals surface area contributed by atoms with Gasteiger partial charge in [0.15, 0.2) is 16.3 Å². The molecule has 0 aliphatic heterocycles. The van der Waals surface area contributed by atoms with Crippen LogP contribution in [0.5, 0.6) is 0 Å². The number of rotatable bonds is 7. The number of aromatic amines is 1. The summed E-state index contributed by atoms with van der Waals surface area (Å²) < 4.78 is 1.97. The third-order valence-corrected chi connectivity index (χ3v) is 4.97. The third kappa shape index (κ3) is 4.79. The number of H-pyrrole nitrogens is 1. The fourth-order valence-corrected chi connectivity index (χ4v) is 4.05. The number of hydrogen-bond acceptors (Lipinski definition) is 5. The van der Waals surface area contributed by atoms with Crippen molar-refractivity contribution in [2.45, 2.75) is 42.9 Å². The maximum atomic E-state index is 8.03. The minimum Gasteiger partial charge on any atom is -0.328 e. The molecule has 0 aliphatic rings. The second kappa shape index (κ2) is 8.43. The van der Waals surface area contributed by atoms with E-state index in [2.05, 4.69) is 34.1 Å². The molecule has 2 aromatic heterocycles. The standard InChI is InChI=1S/C17H20Cl2N6S/c1-10(2)21-4-3-5-25-9-22-15(20)14-16(25)24-17(23-14)26-13-7-11(18)6-12(19)8-13/h6-10,20-21H,3-5H2,1-2H3,(H,23,24). The van der Waals surface area contributed by atoms with Crippen molar-refractivity contribution in [1.29, 1.82) is 5.41 Å². The minimum atomic E-state index is 0.181. The lowest BCUT2D eigenvalue weighted by molar-refractivity contribution is 0.536. The molecule has 0 saturated heterocycles. The predicted octanol–water partition coefficient (Wildman–Crippen LogP) is 4.08. The van der Waals surface area contributed by atoms with E-state index in [0.29, 0.717) is 26.8 Å². The Bertz CT molecular complexity index is 945. The van der Waals surface area contributed by atoms with E-state index >= 15 is 0 Å². The second-order valence-electron chi connectivity index (χ2n) is 6.20. The van der Waals surface area contributed by atoms with Crippen molar-refractivity contribution in [3.8, 4) is 0 Å². The van der Waals surface area contributed by atoms with E-state index in [-0.39, 0.29) is 5.49 Å². The van der Waals surface area contributed by atoms with Gasteiger partial charge in [-0.05, 0) is 31.2 Å². The molecule has 0 bridgehead atoms. The number of nitrogens with zero attached hydrogens (tertiary/aromatic N) is 3. The first kappa shape index (κ1) is 19.2. The van der Waals surface area contributed by atoms with Crippen molar-refractivity contribution in [3.05, 3.63) is 40.1 Å². The predicted molar refractivity (Wildman–Crippen MR) is 106 cm³/mol. The van der Waals surface area contributed by atoms with Crippen molar-refractivity contribution in [2.24, 2.45) is 0 Å². The first-order valence-electron chi connectivity index (χ1n) is 8.29. The molecule has 0 aliphatic carbocycles. The van der Waals surface area contributed by atoms with Gasteiger partial charge in [0.05, 0.1) is 6.33 Å². The van der Waals surface area contributed by atoms with Crippen LogP contribution in [0.3, 0.4) is 0 Å². The SMILES string of the molecule is CC(C)NCCCn1cnc(=N)c2[nH]c(Sc3cc(Cl)cc(Cl)c3)nc21. The number of hydrogen-bond donors (Lipinski definition) is 3. The lowest BCUT2D eigenvalue weighted by atomic mass is 10.3. The number of benzene rings is 1. The van der Waals surface area contributed by atoms with Crippen molar-refractivity contribution < 1.29 is 0 Å². The topological polar surface area (TPSA) is 82.4 Å². The first-order valence-corrected chi connectivity index (χ1v) is 9.86. The molecule has 0 unspecified atom stereocenters. The molecule has 6 nitrogen and oxygen atoms in total. The van der Waals surface area contributed by atoms with E-state index in [1.807, 2.05) is 16.7 Å². The zero-order valence-corrected chi connectivity index (χ0v) is 16.8. The highest BCUT2D eigenvalue weighted by molar-refractivity contribution is 7.99. The molecular weight excluding hydrogens is 391 g/mol. The number of aromatic nitrogens is 4. The highest BCUT2D eigenvalue weighted by Gasteiger charge is 2.11. The van der Waals surface area contributed by atoms with E-state index in [0.717, 1.165) is 30.1 Å². The van der Waals surface area contributed by atoms with Crippen LogP contribution in [0.25, 0.3) is 11.2 Å². The van der Waals surface area contributed by atoms with Crippen LogP contribution in [0.15, 0.2) is 34.6 Å². The Morgan fingerprint density at radius 2 is 2.00 bits per heavy atom. The third-order valence-electron chi connectivity index (χ3n) is 3.68. The average Bonchev–Trinajstić information content (AvgIpc) is 2.96. The summed E-state index contributed by atoms with van der Waals surface area (Å²) in [7, 11) is 0. The normalized spacial score (nSPS) is 11.6. The Morgan fingerprint density at radius 1 is 1.27 bits per heavy atom. The minimum absolute atomic E-state index is 0.181. The van der Waals surface area contributed by atoms with Gasteiger partial charge in [-0.1, -0.05) is 48.8 Å². The maximum absolute atomic E-state index is 8.03. The van der Waals surface area contributed by atoms with E-state index in [1.165, 1.54) is 11.8 Å². The Morgan fingerprint density at radius 3 is 2.69 bits per heavy atom. The average molecular weight is 411 g/mol. The molecule has 3 rings (SSSR count). The molecule has 3 N–H and O–H groups in total. The van der Waals surface area contributed by atoms with Crippen LogP contribution in [0.1, 0.15) is 20.3 Å². The molecule has 0 fully saturated rings. The fraction of sp³-hybridized carbons (Fsp3) is 0.353. The van der Waals surface area contributed by atoms with Gasteiger partial charge in [-0.3, -0.25) is 5.41 Å². The van der Waals surface area contributed by atoms with E-state index in [1.54, 1.807) is 12.4 Å². The summed E-state index contributed by atoms with van der Waals surface area (Å²) in [5, 5.41) is 13.3. The Labute approximate surface area is 165 Å². The van der Waals surface area contributed by atoms with Crippen molar-refractivity contribution >= 4 is 46.1 Å².